The van der Waals surface area contributed by atoms with E-state index >= 15 is 0 Å². The lowest BCUT2D eigenvalue weighted by atomic mass is 10.1. The Bertz CT molecular complexity index is 141. The first-order valence-corrected chi connectivity index (χ1v) is 6.34. The van der Waals surface area contributed by atoms with E-state index in [1.807, 2.05) is 0 Å². The van der Waals surface area contributed by atoms with E-state index in [2.05, 4.69) is 24.2 Å². The molecule has 3 nitrogen and oxygen atoms in total. The molecule has 0 radical (unpaired) electrons. The molecule has 0 aromatic rings. The topological polar surface area (TPSA) is 24.5 Å². The van der Waals surface area contributed by atoms with Gasteiger partial charge in [0.15, 0.2) is 0 Å². The van der Waals surface area contributed by atoms with Gasteiger partial charge in [0.2, 0.25) is 0 Å². The van der Waals surface area contributed by atoms with Gasteiger partial charge in [-0.1, -0.05) is 6.92 Å². The second-order valence-corrected chi connectivity index (χ2v) is 4.34. The minimum absolute atomic E-state index is 0.702. The van der Waals surface area contributed by atoms with Crippen LogP contribution in [0, 0.1) is 0 Å². The average Bonchev–Trinajstić information content (AvgIpc) is 2.53. The standard InChI is InChI=1S/C12H26N2O/c1-3-12(13-2)6-4-7-14-8-5-10-15-11-9-14/h12-13H,3-11H2,1-2H3. The lowest BCUT2D eigenvalue weighted by molar-refractivity contribution is 0.141. The van der Waals surface area contributed by atoms with Crippen LogP contribution in [0.2, 0.25) is 0 Å². The summed E-state index contributed by atoms with van der Waals surface area (Å²) in [6.45, 7) is 7.70. The molecule has 0 aliphatic carbocycles. The van der Waals surface area contributed by atoms with E-state index in [1.165, 1.54) is 38.8 Å². The fourth-order valence-electron chi connectivity index (χ4n) is 2.14. The van der Waals surface area contributed by atoms with Gasteiger partial charge < -0.3 is 15.0 Å². The second kappa shape index (κ2) is 8.08. The Labute approximate surface area is 94.2 Å². The largest absolute Gasteiger partial charge is 0.380 e. The molecule has 1 aliphatic heterocycles. The predicted octanol–water partition coefficient (Wildman–Crippen LogP) is 1.49. The second-order valence-electron chi connectivity index (χ2n) is 4.34. The molecule has 15 heavy (non-hydrogen) atoms. The summed E-state index contributed by atoms with van der Waals surface area (Å²) in [6.07, 6.45) is 5.03. The van der Waals surface area contributed by atoms with Gasteiger partial charge in [0.05, 0.1) is 6.61 Å². The summed E-state index contributed by atoms with van der Waals surface area (Å²) in [7, 11) is 2.06. The first-order chi connectivity index (χ1) is 7.36. The van der Waals surface area contributed by atoms with Crippen molar-refractivity contribution >= 4 is 0 Å². The molecule has 0 spiro atoms. The zero-order valence-electron chi connectivity index (χ0n) is 10.3. The number of nitrogens with zero attached hydrogens (tertiary/aromatic N) is 1. The minimum Gasteiger partial charge on any atom is -0.380 e. The number of nitrogens with one attached hydrogen (secondary N) is 1. The van der Waals surface area contributed by atoms with Crippen LogP contribution in [0.3, 0.4) is 0 Å². The molecule has 1 atom stereocenters. The van der Waals surface area contributed by atoms with Gasteiger partial charge in [-0.25, -0.2) is 0 Å². The van der Waals surface area contributed by atoms with Crippen molar-refractivity contribution in [3.8, 4) is 0 Å². The molecular formula is C12H26N2O. The van der Waals surface area contributed by atoms with E-state index in [9.17, 15) is 0 Å². The molecule has 0 aromatic carbocycles. The monoisotopic (exact) mass is 214 g/mol. The van der Waals surface area contributed by atoms with Crippen LogP contribution in [0.15, 0.2) is 0 Å². The summed E-state index contributed by atoms with van der Waals surface area (Å²) in [4.78, 5) is 2.54. The van der Waals surface area contributed by atoms with Crippen molar-refractivity contribution in [1.29, 1.82) is 0 Å². The molecule has 1 aliphatic rings. The van der Waals surface area contributed by atoms with Crippen LogP contribution in [0.25, 0.3) is 0 Å². The van der Waals surface area contributed by atoms with Gasteiger partial charge in [-0.05, 0) is 39.3 Å². The maximum Gasteiger partial charge on any atom is 0.0593 e. The molecule has 0 amide bonds. The highest BCUT2D eigenvalue weighted by molar-refractivity contribution is 4.66. The molecule has 0 bridgehead atoms. The van der Waals surface area contributed by atoms with Gasteiger partial charge in [0, 0.05) is 25.7 Å². The van der Waals surface area contributed by atoms with Gasteiger partial charge in [-0.15, -0.1) is 0 Å². The van der Waals surface area contributed by atoms with Crippen molar-refractivity contribution in [1.82, 2.24) is 10.2 Å². The molecule has 3 heteroatoms. The van der Waals surface area contributed by atoms with E-state index in [-0.39, 0.29) is 0 Å². The maximum absolute atomic E-state index is 5.44. The van der Waals surface area contributed by atoms with Crippen LogP contribution in [0.5, 0.6) is 0 Å². The third kappa shape index (κ3) is 5.50. The van der Waals surface area contributed by atoms with Crippen LogP contribution < -0.4 is 5.32 Å². The van der Waals surface area contributed by atoms with E-state index in [0.29, 0.717) is 6.04 Å². The quantitative estimate of drug-likeness (QED) is 0.725. The zero-order chi connectivity index (χ0) is 10.9. The Morgan fingerprint density at radius 1 is 1.33 bits per heavy atom. The summed E-state index contributed by atoms with van der Waals surface area (Å²) < 4.78 is 5.44. The zero-order valence-corrected chi connectivity index (χ0v) is 10.3. The molecule has 1 heterocycles. The van der Waals surface area contributed by atoms with Crippen molar-refractivity contribution in [3.63, 3.8) is 0 Å². The molecule has 1 unspecified atom stereocenters. The Morgan fingerprint density at radius 3 is 2.93 bits per heavy atom. The van der Waals surface area contributed by atoms with E-state index in [1.54, 1.807) is 0 Å². The summed E-state index contributed by atoms with van der Waals surface area (Å²) in [6, 6.07) is 0.702. The van der Waals surface area contributed by atoms with Crippen LogP contribution in [-0.4, -0.2) is 50.8 Å². The Morgan fingerprint density at radius 2 is 2.20 bits per heavy atom. The molecule has 1 saturated heterocycles. The fourth-order valence-corrected chi connectivity index (χ4v) is 2.14. The first-order valence-electron chi connectivity index (χ1n) is 6.34. The molecule has 1 N–H and O–H groups in total. The van der Waals surface area contributed by atoms with Gasteiger partial charge >= 0.3 is 0 Å². The Kier molecular flexibility index (Phi) is 6.98. The van der Waals surface area contributed by atoms with Gasteiger partial charge in [-0.2, -0.15) is 0 Å². The van der Waals surface area contributed by atoms with E-state index in [4.69, 9.17) is 4.74 Å². The smallest absolute Gasteiger partial charge is 0.0593 e. The van der Waals surface area contributed by atoms with Crippen molar-refractivity contribution in [3.05, 3.63) is 0 Å². The highest BCUT2D eigenvalue weighted by Gasteiger charge is 2.09. The van der Waals surface area contributed by atoms with Crippen molar-refractivity contribution in [2.75, 3.05) is 39.9 Å². The maximum atomic E-state index is 5.44. The average molecular weight is 214 g/mol. The third-order valence-corrected chi connectivity index (χ3v) is 3.24. The van der Waals surface area contributed by atoms with Crippen LogP contribution in [0.1, 0.15) is 32.6 Å². The lowest BCUT2D eigenvalue weighted by Crippen LogP contribution is -2.30. The normalized spacial score (nSPS) is 21.2. The van der Waals surface area contributed by atoms with Crippen LogP contribution in [-0.2, 0) is 4.74 Å². The predicted molar refractivity (Wildman–Crippen MR) is 64.2 cm³/mol. The SMILES string of the molecule is CCC(CCCN1CCCOCC1)NC. The number of hydrogen-bond acceptors (Lipinski definition) is 3. The van der Waals surface area contributed by atoms with E-state index in [0.717, 1.165) is 19.8 Å². The van der Waals surface area contributed by atoms with E-state index < -0.39 is 0 Å². The van der Waals surface area contributed by atoms with Crippen LogP contribution >= 0.6 is 0 Å². The minimum atomic E-state index is 0.702. The number of rotatable bonds is 6. The highest BCUT2D eigenvalue weighted by Crippen LogP contribution is 2.05. The number of ether oxygens (including phenoxy) is 1. The Hall–Kier alpha value is -0.120. The van der Waals surface area contributed by atoms with Gasteiger partial charge in [-0.3, -0.25) is 0 Å². The van der Waals surface area contributed by atoms with Crippen LogP contribution in [0.4, 0.5) is 0 Å². The molecule has 90 valence electrons. The van der Waals surface area contributed by atoms with Crippen molar-refractivity contribution in [2.24, 2.45) is 0 Å². The van der Waals surface area contributed by atoms with Crippen molar-refractivity contribution < 1.29 is 4.74 Å². The Balaban J connectivity index is 2.07. The summed E-state index contributed by atoms with van der Waals surface area (Å²) in [5.41, 5.74) is 0. The summed E-state index contributed by atoms with van der Waals surface area (Å²) >= 11 is 0. The molecular weight excluding hydrogens is 188 g/mol. The van der Waals surface area contributed by atoms with Gasteiger partial charge in [0.25, 0.3) is 0 Å². The van der Waals surface area contributed by atoms with Gasteiger partial charge in [0.1, 0.15) is 0 Å². The molecule has 0 aromatic heterocycles. The summed E-state index contributed by atoms with van der Waals surface area (Å²) in [5.74, 6) is 0. The molecule has 0 saturated carbocycles. The fraction of sp³-hybridized carbons (Fsp3) is 1.00. The molecule has 1 fully saturated rings. The van der Waals surface area contributed by atoms with Crippen molar-refractivity contribution in [2.45, 2.75) is 38.6 Å². The lowest BCUT2D eigenvalue weighted by Gasteiger charge is -2.20. The number of hydrogen-bond donors (Lipinski definition) is 1. The highest BCUT2D eigenvalue weighted by atomic mass is 16.5. The molecule has 1 rings (SSSR count). The summed E-state index contributed by atoms with van der Waals surface area (Å²) in [5, 5.41) is 3.36. The third-order valence-electron chi connectivity index (χ3n) is 3.24. The first kappa shape index (κ1) is 12.9.